The van der Waals surface area contributed by atoms with Crippen molar-refractivity contribution in [1.29, 1.82) is 0 Å². The molecule has 0 aliphatic heterocycles. The number of methoxy groups -OCH3 is 1. The molecule has 2 saturated carbocycles. The molecule has 1 aromatic carbocycles. The summed E-state index contributed by atoms with van der Waals surface area (Å²) in [4.78, 5) is 0. The Morgan fingerprint density at radius 1 is 1.19 bits per heavy atom. The first-order chi connectivity index (χ1) is 10.3. The lowest BCUT2D eigenvalue weighted by molar-refractivity contribution is -0.0671. The van der Waals surface area contributed by atoms with Crippen LogP contribution in [-0.2, 0) is 4.74 Å². The molecule has 1 aromatic rings. The monoisotopic (exact) mass is 289 g/mol. The van der Waals surface area contributed by atoms with Gasteiger partial charge in [-0.05, 0) is 50.4 Å². The van der Waals surface area contributed by atoms with Crippen molar-refractivity contribution in [2.24, 2.45) is 0 Å². The first-order valence-corrected chi connectivity index (χ1v) is 8.26. The summed E-state index contributed by atoms with van der Waals surface area (Å²) < 4.78 is 12.0. The molecule has 2 aliphatic rings. The third-order valence-corrected chi connectivity index (χ3v) is 4.94. The molecule has 0 aromatic heterocycles. The van der Waals surface area contributed by atoms with Crippen molar-refractivity contribution in [2.75, 3.05) is 14.2 Å². The van der Waals surface area contributed by atoms with E-state index >= 15 is 0 Å². The van der Waals surface area contributed by atoms with Gasteiger partial charge in [0.25, 0.3) is 0 Å². The van der Waals surface area contributed by atoms with Crippen molar-refractivity contribution in [3.63, 3.8) is 0 Å². The molecule has 0 saturated heterocycles. The summed E-state index contributed by atoms with van der Waals surface area (Å²) in [5.74, 6) is 0.998. The highest BCUT2D eigenvalue weighted by Crippen LogP contribution is 2.41. The van der Waals surface area contributed by atoms with Gasteiger partial charge >= 0.3 is 0 Å². The van der Waals surface area contributed by atoms with Gasteiger partial charge in [-0.3, -0.25) is 0 Å². The summed E-state index contributed by atoms with van der Waals surface area (Å²) in [6.07, 6.45) is 8.93. The van der Waals surface area contributed by atoms with Gasteiger partial charge in [0.15, 0.2) is 0 Å². The Balaban J connectivity index is 1.83. The Bertz CT molecular complexity index is 464. The fourth-order valence-corrected chi connectivity index (χ4v) is 3.64. The van der Waals surface area contributed by atoms with E-state index in [4.69, 9.17) is 9.47 Å². The van der Waals surface area contributed by atoms with Gasteiger partial charge in [0.2, 0.25) is 0 Å². The second kappa shape index (κ2) is 6.37. The fourth-order valence-electron chi connectivity index (χ4n) is 3.64. The number of hydrogen-bond acceptors (Lipinski definition) is 3. The summed E-state index contributed by atoms with van der Waals surface area (Å²) in [7, 11) is 3.90. The van der Waals surface area contributed by atoms with E-state index in [9.17, 15) is 0 Å². The molecule has 3 heteroatoms. The van der Waals surface area contributed by atoms with Gasteiger partial charge in [0, 0.05) is 7.11 Å². The molecule has 0 bridgehead atoms. The lowest BCUT2D eigenvalue weighted by Gasteiger charge is -2.42. The molecule has 116 valence electrons. The first kappa shape index (κ1) is 14.9. The van der Waals surface area contributed by atoms with Crippen LogP contribution in [0.15, 0.2) is 24.3 Å². The molecule has 21 heavy (non-hydrogen) atoms. The molecule has 3 nitrogen and oxygen atoms in total. The first-order valence-electron chi connectivity index (χ1n) is 8.26. The largest absolute Gasteiger partial charge is 0.490 e. The molecule has 2 aliphatic carbocycles. The van der Waals surface area contributed by atoms with Crippen LogP contribution in [0.5, 0.6) is 5.75 Å². The molecular formula is C18H27NO2. The van der Waals surface area contributed by atoms with Gasteiger partial charge in [-0.1, -0.05) is 31.4 Å². The SMILES string of the molecule is CNC(c1cccc(OC2CC2)c1)C1(OC)CCCCC1. The van der Waals surface area contributed by atoms with Crippen molar-refractivity contribution >= 4 is 0 Å². The van der Waals surface area contributed by atoms with Gasteiger partial charge in [0.05, 0.1) is 17.7 Å². The zero-order chi connectivity index (χ0) is 14.7. The van der Waals surface area contributed by atoms with E-state index in [1.807, 2.05) is 14.2 Å². The maximum atomic E-state index is 6.02. The van der Waals surface area contributed by atoms with Crippen LogP contribution in [0.4, 0.5) is 0 Å². The zero-order valence-electron chi connectivity index (χ0n) is 13.2. The van der Waals surface area contributed by atoms with Crippen molar-refractivity contribution in [3.8, 4) is 5.75 Å². The number of rotatable bonds is 6. The Hall–Kier alpha value is -1.06. The molecule has 0 heterocycles. The third kappa shape index (κ3) is 3.24. The van der Waals surface area contributed by atoms with Gasteiger partial charge in [0.1, 0.15) is 5.75 Å². The van der Waals surface area contributed by atoms with Crippen LogP contribution < -0.4 is 10.1 Å². The average Bonchev–Trinajstić information content (AvgIpc) is 3.33. The second-order valence-electron chi connectivity index (χ2n) is 6.44. The summed E-state index contributed by atoms with van der Waals surface area (Å²) in [6.45, 7) is 0. The van der Waals surface area contributed by atoms with Crippen LogP contribution in [0.3, 0.4) is 0 Å². The fraction of sp³-hybridized carbons (Fsp3) is 0.667. The van der Waals surface area contributed by atoms with E-state index in [1.165, 1.54) is 37.7 Å². The van der Waals surface area contributed by atoms with E-state index in [1.54, 1.807) is 0 Å². The number of hydrogen-bond donors (Lipinski definition) is 1. The van der Waals surface area contributed by atoms with Crippen LogP contribution in [-0.4, -0.2) is 25.9 Å². The zero-order valence-corrected chi connectivity index (χ0v) is 13.2. The maximum absolute atomic E-state index is 6.02. The predicted molar refractivity (Wildman–Crippen MR) is 84.7 cm³/mol. The van der Waals surface area contributed by atoms with Crippen molar-refractivity contribution < 1.29 is 9.47 Å². The molecule has 1 atom stereocenters. The van der Waals surface area contributed by atoms with Crippen molar-refractivity contribution in [2.45, 2.75) is 62.7 Å². The van der Waals surface area contributed by atoms with Crippen LogP contribution in [0.1, 0.15) is 56.6 Å². The summed E-state index contributed by atoms with van der Waals surface area (Å²) in [6, 6.07) is 8.77. The minimum Gasteiger partial charge on any atom is -0.490 e. The van der Waals surface area contributed by atoms with E-state index < -0.39 is 0 Å². The smallest absolute Gasteiger partial charge is 0.120 e. The molecule has 1 N–H and O–H groups in total. The molecule has 2 fully saturated rings. The average molecular weight is 289 g/mol. The van der Waals surface area contributed by atoms with E-state index in [-0.39, 0.29) is 11.6 Å². The predicted octanol–water partition coefficient (Wildman–Crippen LogP) is 3.84. The van der Waals surface area contributed by atoms with Crippen LogP contribution >= 0.6 is 0 Å². The minimum absolute atomic E-state index is 0.0782. The third-order valence-electron chi connectivity index (χ3n) is 4.94. The topological polar surface area (TPSA) is 30.5 Å². The summed E-state index contributed by atoms with van der Waals surface area (Å²) in [5, 5.41) is 3.50. The van der Waals surface area contributed by atoms with Gasteiger partial charge in [-0.2, -0.15) is 0 Å². The van der Waals surface area contributed by atoms with E-state index in [0.29, 0.717) is 6.10 Å². The molecule has 0 amide bonds. The molecule has 0 radical (unpaired) electrons. The maximum Gasteiger partial charge on any atom is 0.120 e. The lowest BCUT2D eigenvalue weighted by atomic mass is 9.76. The highest BCUT2D eigenvalue weighted by molar-refractivity contribution is 5.33. The molecule has 1 unspecified atom stereocenters. The summed E-state index contributed by atoms with van der Waals surface area (Å²) in [5.41, 5.74) is 1.20. The molecular weight excluding hydrogens is 262 g/mol. The summed E-state index contributed by atoms with van der Waals surface area (Å²) >= 11 is 0. The molecule has 3 rings (SSSR count). The van der Waals surface area contributed by atoms with Gasteiger partial charge in [-0.15, -0.1) is 0 Å². The Morgan fingerprint density at radius 3 is 2.57 bits per heavy atom. The van der Waals surface area contributed by atoms with Crippen LogP contribution in [0.25, 0.3) is 0 Å². The standard InChI is InChI=1S/C18H27NO2/c1-19-17(18(20-2)11-4-3-5-12-18)14-7-6-8-16(13-14)21-15-9-10-15/h6-8,13,15,17,19H,3-5,9-12H2,1-2H3. The van der Waals surface area contributed by atoms with Crippen LogP contribution in [0, 0.1) is 0 Å². The molecule has 0 spiro atoms. The highest BCUT2D eigenvalue weighted by Gasteiger charge is 2.40. The normalized spacial score (nSPS) is 22.8. The van der Waals surface area contributed by atoms with Crippen molar-refractivity contribution in [3.05, 3.63) is 29.8 Å². The quantitative estimate of drug-likeness (QED) is 0.863. The number of ether oxygens (including phenoxy) is 2. The van der Waals surface area contributed by atoms with E-state index in [0.717, 1.165) is 18.6 Å². The van der Waals surface area contributed by atoms with Gasteiger partial charge in [-0.25, -0.2) is 0 Å². The van der Waals surface area contributed by atoms with Crippen LogP contribution in [0.2, 0.25) is 0 Å². The number of likely N-dealkylation sites (N-methyl/N-ethyl adjacent to an activating group) is 1. The van der Waals surface area contributed by atoms with Crippen molar-refractivity contribution in [1.82, 2.24) is 5.32 Å². The lowest BCUT2D eigenvalue weighted by Crippen LogP contribution is -2.46. The minimum atomic E-state index is -0.0782. The van der Waals surface area contributed by atoms with E-state index in [2.05, 4.69) is 29.6 Å². The second-order valence-corrected chi connectivity index (χ2v) is 6.44. The van der Waals surface area contributed by atoms with Gasteiger partial charge < -0.3 is 14.8 Å². The Morgan fingerprint density at radius 2 is 1.95 bits per heavy atom. The number of nitrogens with one attached hydrogen (secondary N) is 1. The highest BCUT2D eigenvalue weighted by atomic mass is 16.5. The Labute approximate surface area is 128 Å². The Kier molecular flexibility index (Phi) is 4.51. The number of benzene rings is 1.